The van der Waals surface area contributed by atoms with Crippen molar-refractivity contribution in [2.75, 3.05) is 0 Å². The maximum atomic E-state index is 11.9. The molecule has 1 atom stereocenters. The lowest BCUT2D eigenvalue weighted by Gasteiger charge is -2.23. The first-order chi connectivity index (χ1) is 7.12. The molecule has 0 saturated carbocycles. The highest BCUT2D eigenvalue weighted by Crippen LogP contribution is 2.28. The van der Waals surface area contributed by atoms with Crippen molar-refractivity contribution in [2.45, 2.75) is 31.8 Å². The van der Waals surface area contributed by atoms with Crippen LogP contribution >= 0.6 is 9.24 Å². The molecule has 0 fully saturated rings. The van der Waals surface area contributed by atoms with Crippen molar-refractivity contribution in [1.82, 2.24) is 0 Å². The largest absolute Gasteiger partial charge is 0.426 e. The van der Waals surface area contributed by atoms with Crippen LogP contribution in [0.1, 0.15) is 26.7 Å². The molecule has 3 heteroatoms. The van der Waals surface area contributed by atoms with Crippen LogP contribution < -0.4 is 4.74 Å². The highest BCUT2D eigenvalue weighted by Gasteiger charge is 2.31. The Morgan fingerprint density at radius 3 is 2.27 bits per heavy atom. The maximum absolute atomic E-state index is 11.9. The second-order valence-corrected chi connectivity index (χ2v) is 4.67. The molecule has 0 aliphatic rings. The Balaban J connectivity index is 2.71. The first-order valence-corrected chi connectivity index (χ1v) is 5.76. The summed E-state index contributed by atoms with van der Waals surface area (Å²) in [5, 5.41) is -0.449. The van der Waals surface area contributed by atoms with Crippen LogP contribution in [-0.4, -0.2) is 11.1 Å². The zero-order valence-electron chi connectivity index (χ0n) is 9.19. The molecule has 82 valence electrons. The summed E-state index contributed by atoms with van der Waals surface area (Å²) in [7, 11) is 2.60. The van der Waals surface area contributed by atoms with Crippen molar-refractivity contribution in [2.24, 2.45) is 0 Å². The lowest BCUT2D eigenvalue weighted by atomic mass is 10.0. The quantitative estimate of drug-likeness (QED) is 0.446. The van der Waals surface area contributed by atoms with Crippen molar-refractivity contribution >= 4 is 15.2 Å². The molecular weight excluding hydrogens is 207 g/mol. The summed E-state index contributed by atoms with van der Waals surface area (Å²) in [6.45, 7) is 3.98. The van der Waals surface area contributed by atoms with Gasteiger partial charge in [-0.1, -0.05) is 32.0 Å². The molecule has 0 bridgehead atoms. The molecular formula is C12H17O2P. The lowest BCUT2D eigenvalue weighted by Crippen LogP contribution is -2.34. The molecule has 1 rings (SSSR count). The van der Waals surface area contributed by atoms with Crippen molar-refractivity contribution in [3.63, 3.8) is 0 Å². The predicted octanol–water partition coefficient (Wildman–Crippen LogP) is 3.03. The summed E-state index contributed by atoms with van der Waals surface area (Å²) in [4.78, 5) is 11.9. The van der Waals surface area contributed by atoms with Crippen LogP contribution in [0.4, 0.5) is 0 Å². The van der Waals surface area contributed by atoms with Crippen molar-refractivity contribution < 1.29 is 9.53 Å². The third kappa shape index (κ3) is 3.04. The van der Waals surface area contributed by atoms with E-state index in [1.165, 1.54) is 0 Å². The molecule has 0 aliphatic carbocycles. The monoisotopic (exact) mass is 224 g/mol. The topological polar surface area (TPSA) is 26.3 Å². The van der Waals surface area contributed by atoms with Gasteiger partial charge in [0.05, 0.1) is 5.16 Å². The Morgan fingerprint density at radius 2 is 1.80 bits per heavy atom. The fourth-order valence-electron chi connectivity index (χ4n) is 1.24. The van der Waals surface area contributed by atoms with Crippen molar-refractivity contribution in [3.8, 4) is 5.75 Å². The minimum absolute atomic E-state index is 0.177. The lowest BCUT2D eigenvalue weighted by molar-refractivity contribution is -0.137. The summed E-state index contributed by atoms with van der Waals surface area (Å²) in [5.74, 6) is 0.430. The molecule has 0 saturated heterocycles. The predicted molar refractivity (Wildman–Crippen MR) is 65.1 cm³/mol. The van der Waals surface area contributed by atoms with E-state index in [4.69, 9.17) is 4.74 Å². The van der Waals surface area contributed by atoms with Crippen LogP contribution in [0.2, 0.25) is 0 Å². The van der Waals surface area contributed by atoms with Gasteiger partial charge in [-0.15, -0.1) is 9.24 Å². The molecule has 1 unspecified atom stereocenters. The first-order valence-electron chi connectivity index (χ1n) is 5.18. The van der Waals surface area contributed by atoms with E-state index in [1.807, 2.05) is 32.0 Å². The van der Waals surface area contributed by atoms with Crippen molar-refractivity contribution in [3.05, 3.63) is 30.3 Å². The van der Waals surface area contributed by atoms with Gasteiger partial charge in [-0.05, 0) is 25.0 Å². The van der Waals surface area contributed by atoms with Gasteiger partial charge in [0, 0.05) is 0 Å². The van der Waals surface area contributed by atoms with Gasteiger partial charge in [-0.2, -0.15) is 0 Å². The minimum atomic E-state index is -0.449. The summed E-state index contributed by atoms with van der Waals surface area (Å²) in [5.41, 5.74) is 0. The normalized spacial score (nSPS) is 11.1. The molecule has 0 amide bonds. The second-order valence-electron chi connectivity index (χ2n) is 3.57. The van der Waals surface area contributed by atoms with Gasteiger partial charge >= 0.3 is 5.97 Å². The smallest absolute Gasteiger partial charge is 0.321 e. The Labute approximate surface area is 93.2 Å². The number of para-hydroxylation sites is 1. The molecule has 0 radical (unpaired) electrons. The number of esters is 1. The summed E-state index contributed by atoms with van der Waals surface area (Å²) < 4.78 is 5.30. The number of hydrogen-bond acceptors (Lipinski definition) is 2. The molecule has 0 aromatic heterocycles. The van der Waals surface area contributed by atoms with Gasteiger partial charge in [-0.3, -0.25) is 4.79 Å². The second kappa shape index (κ2) is 5.27. The van der Waals surface area contributed by atoms with E-state index in [2.05, 4.69) is 9.24 Å². The number of benzene rings is 1. The number of carbonyl (C=O) groups is 1. The van der Waals surface area contributed by atoms with Gasteiger partial charge < -0.3 is 4.74 Å². The molecule has 0 N–H and O–H groups in total. The number of carbonyl (C=O) groups excluding carboxylic acids is 1. The molecule has 0 heterocycles. The van der Waals surface area contributed by atoms with Crippen LogP contribution in [0.3, 0.4) is 0 Å². The zero-order valence-corrected chi connectivity index (χ0v) is 10.3. The Kier molecular flexibility index (Phi) is 4.28. The van der Waals surface area contributed by atoms with E-state index in [9.17, 15) is 4.79 Å². The van der Waals surface area contributed by atoms with E-state index in [0.29, 0.717) is 5.75 Å². The Morgan fingerprint density at radius 1 is 1.27 bits per heavy atom. The van der Waals surface area contributed by atoms with Crippen LogP contribution in [0.25, 0.3) is 0 Å². The maximum Gasteiger partial charge on any atom is 0.321 e. The van der Waals surface area contributed by atoms with Crippen LogP contribution in [0.5, 0.6) is 5.75 Å². The Hall–Kier alpha value is -0.880. The van der Waals surface area contributed by atoms with Crippen molar-refractivity contribution in [1.29, 1.82) is 0 Å². The fourth-order valence-corrected chi connectivity index (χ4v) is 1.29. The summed E-state index contributed by atoms with van der Waals surface area (Å²) in [6.07, 6.45) is 1.53. The Bertz CT molecular complexity index is 318. The van der Waals surface area contributed by atoms with Gasteiger partial charge in [0.25, 0.3) is 0 Å². The average Bonchev–Trinajstić information content (AvgIpc) is 2.29. The third-order valence-electron chi connectivity index (χ3n) is 2.62. The highest BCUT2D eigenvalue weighted by atomic mass is 31.0. The summed E-state index contributed by atoms with van der Waals surface area (Å²) in [6, 6.07) is 9.17. The van der Waals surface area contributed by atoms with Crippen LogP contribution in [0, 0.1) is 0 Å². The summed E-state index contributed by atoms with van der Waals surface area (Å²) >= 11 is 0. The number of rotatable bonds is 4. The van der Waals surface area contributed by atoms with E-state index < -0.39 is 5.16 Å². The van der Waals surface area contributed by atoms with Crippen LogP contribution in [-0.2, 0) is 4.79 Å². The molecule has 0 spiro atoms. The van der Waals surface area contributed by atoms with Gasteiger partial charge in [0.2, 0.25) is 0 Å². The van der Waals surface area contributed by atoms with E-state index in [1.54, 1.807) is 12.1 Å². The molecule has 0 aliphatic heterocycles. The van der Waals surface area contributed by atoms with E-state index in [-0.39, 0.29) is 5.97 Å². The average molecular weight is 224 g/mol. The molecule has 1 aromatic rings. The van der Waals surface area contributed by atoms with Crippen LogP contribution in [0.15, 0.2) is 30.3 Å². The standard InChI is InChI=1S/C12H17O2P/c1-3-12(15,4-2)11(13)14-10-8-6-5-7-9-10/h5-9H,3-4,15H2,1-2H3. The van der Waals surface area contributed by atoms with E-state index in [0.717, 1.165) is 12.8 Å². The van der Waals surface area contributed by atoms with E-state index >= 15 is 0 Å². The fraction of sp³-hybridized carbons (Fsp3) is 0.417. The third-order valence-corrected chi connectivity index (χ3v) is 3.67. The van der Waals surface area contributed by atoms with Gasteiger partial charge in [0.1, 0.15) is 5.75 Å². The van der Waals surface area contributed by atoms with Gasteiger partial charge in [0.15, 0.2) is 0 Å². The van der Waals surface area contributed by atoms with Gasteiger partial charge in [-0.25, -0.2) is 0 Å². The molecule has 1 aromatic carbocycles. The molecule has 2 nitrogen and oxygen atoms in total. The number of ether oxygens (including phenoxy) is 1. The zero-order chi connectivity index (χ0) is 11.3. The number of hydrogen-bond donors (Lipinski definition) is 0. The first kappa shape index (κ1) is 12.2. The SMILES string of the molecule is CCC(P)(CC)C(=O)Oc1ccccc1. The molecule has 15 heavy (non-hydrogen) atoms. The highest BCUT2D eigenvalue weighted by molar-refractivity contribution is 7.21. The minimum Gasteiger partial charge on any atom is -0.426 e.